The van der Waals surface area contributed by atoms with Gasteiger partial charge in [0.05, 0.1) is 6.54 Å². The van der Waals surface area contributed by atoms with Crippen LogP contribution in [-0.4, -0.2) is 18.0 Å². The normalized spacial score (nSPS) is 10.5. The van der Waals surface area contributed by atoms with Gasteiger partial charge in [0, 0.05) is 12.6 Å². The Hall–Kier alpha value is -1.22. The lowest BCUT2D eigenvalue weighted by molar-refractivity contribution is 0.0505. The molecule has 0 saturated carbocycles. The van der Waals surface area contributed by atoms with Gasteiger partial charge in [-0.15, -0.1) is 9.60 Å². The van der Waals surface area contributed by atoms with Gasteiger partial charge in [0.1, 0.15) is 0 Å². The summed E-state index contributed by atoms with van der Waals surface area (Å²) in [6, 6.07) is 6.99. The van der Waals surface area contributed by atoms with Gasteiger partial charge in [-0.1, -0.05) is 18.2 Å². The molecule has 0 heterocycles. The summed E-state index contributed by atoms with van der Waals surface area (Å²) in [5.74, 6) is 0.00311. The topological polar surface area (TPSA) is 20.3 Å². The fraction of sp³-hybridized carbons (Fsp3) is 0.300. The van der Waals surface area contributed by atoms with Crippen LogP contribution in [0.4, 0.5) is 4.48 Å². The molecule has 0 atom stereocenters. The number of nitrogens with zero attached hydrogens (tertiary/aromatic N) is 1. The summed E-state index contributed by atoms with van der Waals surface area (Å²) >= 11 is 0. The van der Waals surface area contributed by atoms with Crippen molar-refractivity contribution in [3.8, 4) is 0 Å². The monoisotopic (exact) mass is 181 g/mol. The lowest BCUT2D eigenvalue weighted by atomic mass is 10.1. The molecule has 1 aromatic rings. The third-order valence-electron chi connectivity index (χ3n) is 1.73. The van der Waals surface area contributed by atoms with Crippen LogP contribution in [0.5, 0.6) is 0 Å². The maximum atomic E-state index is 12.5. The van der Waals surface area contributed by atoms with Gasteiger partial charge in [-0.25, -0.2) is 0 Å². The van der Waals surface area contributed by atoms with E-state index < -0.39 is 0 Å². The van der Waals surface area contributed by atoms with Crippen LogP contribution in [0.25, 0.3) is 0 Å². The summed E-state index contributed by atoms with van der Waals surface area (Å²) in [5.41, 5.74) is 1.43. The zero-order chi connectivity index (χ0) is 9.84. The molecule has 2 nitrogen and oxygen atoms in total. The molecule has 13 heavy (non-hydrogen) atoms. The van der Waals surface area contributed by atoms with Gasteiger partial charge in [0.15, 0.2) is 5.78 Å². The molecule has 3 heteroatoms. The average Bonchev–Trinajstić information content (AvgIpc) is 2.03. The first-order valence-electron chi connectivity index (χ1n) is 4.06. The molecule has 0 aliphatic heterocycles. The molecular formula is C10H12FNO. The van der Waals surface area contributed by atoms with E-state index in [0.717, 1.165) is 5.56 Å². The minimum atomic E-state index is 0.00311. The predicted molar refractivity (Wildman–Crippen MR) is 49.0 cm³/mol. The zero-order valence-electron chi connectivity index (χ0n) is 7.75. The van der Waals surface area contributed by atoms with E-state index >= 15 is 0 Å². The van der Waals surface area contributed by atoms with E-state index in [0.29, 0.717) is 10.7 Å². The highest BCUT2D eigenvalue weighted by Crippen LogP contribution is 2.08. The quantitative estimate of drug-likeness (QED) is 0.526. The first kappa shape index (κ1) is 9.86. The van der Waals surface area contributed by atoms with Crippen LogP contribution in [0, 0.1) is 0 Å². The van der Waals surface area contributed by atoms with Crippen molar-refractivity contribution >= 4 is 5.78 Å². The molecule has 70 valence electrons. The third kappa shape index (κ3) is 2.95. The van der Waals surface area contributed by atoms with Gasteiger partial charge in [-0.3, -0.25) is 4.79 Å². The molecule has 0 N–H and O–H groups in total. The number of carbonyl (C=O) groups excluding carboxylic acids is 1. The first-order valence-corrected chi connectivity index (χ1v) is 4.06. The summed E-state index contributed by atoms with van der Waals surface area (Å²) in [6.45, 7) is 1.71. The molecule has 0 unspecified atom stereocenters. The maximum Gasteiger partial charge on any atom is 0.159 e. The number of rotatable bonds is 3. The second kappa shape index (κ2) is 4.14. The standard InChI is InChI=1S/C10H12FNO/c1-8(13)10-5-3-4-9(6-10)7-12(2)11/h3-6H,7H2,1-2H3. The van der Waals surface area contributed by atoms with E-state index in [1.54, 1.807) is 24.3 Å². The molecular weight excluding hydrogens is 169 g/mol. The van der Waals surface area contributed by atoms with Crippen molar-refractivity contribution in [2.75, 3.05) is 7.05 Å². The van der Waals surface area contributed by atoms with E-state index in [1.807, 2.05) is 0 Å². The van der Waals surface area contributed by atoms with Crippen molar-refractivity contribution in [2.24, 2.45) is 0 Å². The zero-order valence-corrected chi connectivity index (χ0v) is 7.75. The van der Waals surface area contributed by atoms with Gasteiger partial charge >= 0.3 is 0 Å². The van der Waals surface area contributed by atoms with Crippen LogP contribution in [-0.2, 0) is 6.54 Å². The summed E-state index contributed by atoms with van der Waals surface area (Å²) < 4.78 is 12.5. The van der Waals surface area contributed by atoms with Crippen LogP contribution in [0.1, 0.15) is 22.8 Å². The Balaban J connectivity index is 2.85. The molecule has 0 spiro atoms. The molecule has 1 rings (SSSR count). The maximum absolute atomic E-state index is 12.5. The van der Waals surface area contributed by atoms with Crippen molar-refractivity contribution in [1.82, 2.24) is 5.12 Å². The molecule has 0 fully saturated rings. The minimum absolute atomic E-state index is 0.00311. The van der Waals surface area contributed by atoms with Crippen molar-refractivity contribution in [1.29, 1.82) is 0 Å². The van der Waals surface area contributed by atoms with E-state index in [2.05, 4.69) is 0 Å². The Morgan fingerprint density at radius 1 is 1.54 bits per heavy atom. The Bertz CT molecular complexity index is 310. The lowest BCUT2D eigenvalue weighted by Crippen LogP contribution is -2.06. The Morgan fingerprint density at radius 3 is 2.77 bits per heavy atom. The van der Waals surface area contributed by atoms with Crippen LogP contribution in [0.3, 0.4) is 0 Å². The lowest BCUT2D eigenvalue weighted by Gasteiger charge is -2.05. The highest BCUT2D eigenvalue weighted by Gasteiger charge is 2.01. The highest BCUT2D eigenvalue weighted by atomic mass is 19.2. The Labute approximate surface area is 76.9 Å². The number of ketones is 1. The predicted octanol–water partition coefficient (Wildman–Crippen LogP) is 2.21. The number of benzene rings is 1. The highest BCUT2D eigenvalue weighted by molar-refractivity contribution is 5.94. The fourth-order valence-electron chi connectivity index (χ4n) is 1.14. The van der Waals surface area contributed by atoms with Gasteiger partial charge in [0.25, 0.3) is 0 Å². The van der Waals surface area contributed by atoms with E-state index in [-0.39, 0.29) is 12.3 Å². The second-order valence-electron chi connectivity index (χ2n) is 3.02. The number of halogens is 1. The fourth-order valence-corrected chi connectivity index (χ4v) is 1.14. The van der Waals surface area contributed by atoms with E-state index in [4.69, 9.17) is 0 Å². The molecule has 0 aliphatic rings. The molecule has 1 aromatic carbocycles. The van der Waals surface area contributed by atoms with Crippen LogP contribution >= 0.6 is 0 Å². The van der Waals surface area contributed by atoms with Gasteiger partial charge < -0.3 is 0 Å². The van der Waals surface area contributed by atoms with Gasteiger partial charge in [0.2, 0.25) is 0 Å². The molecule has 0 amide bonds. The first-order chi connectivity index (χ1) is 6.09. The summed E-state index contributed by atoms with van der Waals surface area (Å²) in [7, 11) is 1.35. The number of hydrogen-bond acceptors (Lipinski definition) is 2. The number of carbonyl (C=O) groups is 1. The summed E-state index contributed by atoms with van der Waals surface area (Å²) in [4.78, 5) is 11.0. The van der Waals surface area contributed by atoms with Crippen molar-refractivity contribution < 1.29 is 9.28 Å². The summed E-state index contributed by atoms with van der Waals surface area (Å²) in [5, 5.41) is 0.583. The van der Waals surface area contributed by atoms with Crippen LogP contribution in [0.2, 0.25) is 0 Å². The Morgan fingerprint density at radius 2 is 2.23 bits per heavy atom. The molecule has 0 saturated heterocycles. The van der Waals surface area contributed by atoms with Gasteiger partial charge in [-0.2, -0.15) is 0 Å². The smallest absolute Gasteiger partial charge is 0.159 e. The molecule has 0 radical (unpaired) electrons. The van der Waals surface area contributed by atoms with Crippen molar-refractivity contribution in [3.63, 3.8) is 0 Å². The van der Waals surface area contributed by atoms with Crippen LogP contribution in [0.15, 0.2) is 24.3 Å². The molecule has 0 aromatic heterocycles. The van der Waals surface area contributed by atoms with Gasteiger partial charge in [-0.05, 0) is 18.6 Å². The van der Waals surface area contributed by atoms with Crippen molar-refractivity contribution in [2.45, 2.75) is 13.5 Å². The van der Waals surface area contributed by atoms with Crippen LogP contribution < -0.4 is 0 Å². The number of hydrogen-bond donors (Lipinski definition) is 0. The van der Waals surface area contributed by atoms with E-state index in [9.17, 15) is 9.28 Å². The SMILES string of the molecule is CC(=O)c1cccc(CN(C)F)c1. The van der Waals surface area contributed by atoms with E-state index in [1.165, 1.54) is 14.0 Å². The average molecular weight is 181 g/mol. The minimum Gasteiger partial charge on any atom is -0.295 e. The summed E-state index contributed by atoms with van der Waals surface area (Å²) in [6.07, 6.45) is 0. The Kier molecular flexibility index (Phi) is 3.14. The van der Waals surface area contributed by atoms with Crippen molar-refractivity contribution in [3.05, 3.63) is 35.4 Å². The largest absolute Gasteiger partial charge is 0.295 e. The molecule has 0 aliphatic carbocycles. The third-order valence-corrected chi connectivity index (χ3v) is 1.73. The molecule has 0 bridgehead atoms. The number of Topliss-reactive ketones (excluding diaryl/α,β-unsaturated/α-hetero) is 1. The second-order valence-corrected chi connectivity index (χ2v) is 3.02.